The largest absolute Gasteiger partial charge is 0.455 e. The predicted molar refractivity (Wildman–Crippen MR) is 81.8 cm³/mol. The predicted octanol–water partition coefficient (Wildman–Crippen LogP) is 4.41. The standard InChI is InChI=1S/C17H10N2O3/c18-11-13-10-14(19(20)21)8-9-16(13)22-17-7-3-5-12-4-1-2-6-15(12)17/h1-10H. The number of nitro benzene ring substituents is 1. The third kappa shape index (κ3) is 2.45. The number of fused-ring (bicyclic) bond motifs is 1. The first-order valence-electron chi connectivity index (χ1n) is 6.53. The summed E-state index contributed by atoms with van der Waals surface area (Å²) in [5, 5.41) is 21.9. The quantitative estimate of drug-likeness (QED) is 0.528. The Morgan fingerprint density at radius 2 is 1.77 bits per heavy atom. The Labute approximate surface area is 126 Å². The number of rotatable bonds is 3. The van der Waals surface area contributed by atoms with Gasteiger partial charge in [-0.2, -0.15) is 5.26 Å². The van der Waals surface area contributed by atoms with Gasteiger partial charge in [0.15, 0.2) is 0 Å². The maximum absolute atomic E-state index is 10.8. The van der Waals surface area contributed by atoms with E-state index in [4.69, 9.17) is 10.00 Å². The molecule has 0 aliphatic carbocycles. The number of nitrogens with zero attached hydrogens (tertiary/aromatic N) is 2. The molecule has 106 valence electrons. The van der Waals surface area contributed by atoms with Crippen LogP contribution >= 0.6 is 0 Å². The third-order valence-electron chi connectivity index (χ3n) is 3.26. The van der Waals surface area contributed by atoms with Crippen molar-refractivity contribution in [2.45, 2.75) is 0 Å². The van der Waals surface area contributed by atoms with Gasteiger partial charge in [-0.25, -0.2) is 0 Å². The summed E-state index contributed by atoms with van der Waals surface area (Å²) < 4.78 is 5.80. The number of non-ortho nitro benzene ring substituents is 1. The van der Waals surface area contributed by atoms with Crippen molar-refractivity contribution in [2.24, 2.45) is 0 Å². The Morgan fingerprint density at radius 3 is 2.55 bits per heavy atom. The molecular weight excluding hydrogens is 280 g/mol. The summed E-state index contributed by atoms with van der Waals surface area (Å²) in [6, 6.07) is 19.2. The fourth-order valence-corrected chi connectivity index (χ4v) is 2.21. The van der Waals surface area contributed by atoms with Crippen LogP contribution in [0.4, 0.5) is 5.69 Å². The normalized spacial score (nSPS) is 10.1. The molecule has 5 heteroatoms. The van der Waals surface area contributed by atoms with Gasteiger partial charge >= 0.3 is 0 Å². The van der Waals surface area contributed by atoms with Gasteiger partial charge in [0.25, 0.3) is 5.69 Å². The fourth-order valence-electron chi connectivity index (χ4n) is 2.21. The molecule has 0 radical (unpaired) electrons. The van der Waals surface area contributed by atoms with E-state index in [0.717, 1.165) is 10.8 Å². The molecule has 3 rings (SSSR count). The number of hydrogen-bond donors (Lipinski definition) is 0. The summed E-state index contributed by atoms with van der Waals surface area (Å²) in [6.07, 6.45) is 0. The summed E-state index contributed by atoms with van der Waals surface area (Å²) in [4.78, 5) is 10.2. The van der Waals surface area contributed by atoms with E-state index in [0.29, 0.717) is 11.5 Å². The zero-order valence-electron chi connectivity index (χ0n) is 11.4. The molecule has 3 aromatic carbocycles. The summed E-state index contributed by atoms with van der Waals surface area (Å²) >= 11 is 0. The van der Waals surface area contributed by atoms with Crippen molar-refractivity contribution in [2.75, 3.05) is 0 Å². The van der Waals surface area contributed by atoms with Crippen molar-refractivity contribution in [3.05, 3.63) is 76.3 Å². The lowest BCUT2D eigenvalue weighted by Crippen LogP contribution is -1.93. The van der Waals surface area contributed by atoms with Crippen LogP contribution in [0.5, 0.6) is 11.5 Å². The minimum Gasteiger partial charge on any atom is -0.455 e. The van der Waals surface area contributed by atoms with E-state index in [1.807, 2.05) is 42.5 Å². The topological polar surface area (TPSA) is 76.2 Å². The highest BCUT2D eigenvalue weighted by Crippen LogP contribution is 2.32. The number of nitro groups is 1. The summed E-state index contributed by atoms with van der Waals surface area (Å²) in [6.45, 7) is 0. The van der Waals surface area contributed by atoms with Gasteiger partial charge in [-0.05, 0) is 17.5 Å². The monoisotopic (exact) mass is 290 g/mol. The minimum atomic E-state index is -0.539. The van der Waals surface area contributed by atoms with Gasteiger partial charge < -0.3 is 4.74 Å². The first-order valence-corrected chi connectivity index (χ1v) is 6.53. The molecule has 0 fully saturated rings. The second kappa shape index (κ2) is 5.54. The van der Waals surface area contributed by atoms with Crippen molar-refractivity contribution in [3.63, 3.8) is 0 Å². The number of ether oxygens (including phenoxy) is 1. The zero-order valence-corrected chi connectivity index (χ0v) is 11.4. The lowest BCUT2D eigenvalue weighted by molar-refractivity contribution is -0.384. The molecule has 0 spiro atoms. The smallest absolute Gasteiger partial charge is 0.271 e. The molecule has 0 bridgehead atoms. The highest BCUT2D eigenvalue weighted by atomic mass is 16.6. The van der Waals surface area contributed by atoms with E-state index in [1.54, 1.807) is 6.07 Å². The molecule has 0 aliphatic heterocycles. The Morgan fingerprint density at radius 1 is 1.00 bits per heavy atom. The third-order valence-corrected chi connectivity index (χ3v) is 3.26. The molecule has 0 saturated heterocycles. The summed E-state index contributed by atoms with van der Waals surface area (Å²) in [5.41, 5.74) is -0.0102. The van der Waals surface area contributed by atoms with E-state index < -0.39 is 4.92 Å². The van der Waals surface area contributed by atoms with Crippen LogP contribution in [0.15, 0.2) is 60.7 Å². The van der Waals surface area contributed by atoms with Crippen LogP contribution in [-0.2, 0) is 0 Å². The van der Waals surface area contributed by atoms with E-state index in [1.165, 1.54) is 18.2 Å². The molecule has 0 aliphatic rings. The van der Waals surface area contributed by atoms with Crippen LogP contribution in [-0.4, -0.2) is 4.92 Å². The molecule has 0 amide bonds. The van der Waals surface area contributed by atoms with Gasteiger partial charge in [-0.3, -0.25) is 10.1 Å². The maximum Gasteiger partial charge on any atom is 0.271 e. The summed E-state index contributed by atoms with van der Waals surface area (Å²) in [5.74, 6) is 0.896. The van der Waals surface area contributed by atoms with Crippen molar-refractivity contribution in [1.82, 2.24) is 0 Å². The average molecular weight is 290 g/mol. The van der Waals surface area contributed by atoms with Crippen LogP contribution in [0.3, 0.4) is 0 Å². The van der Waals surface area contributed by atoms with Gasteiger partial charge in [0.05, 0.1) is 4.92 Å². The summed E-state index contributed by atoms with van der Waals surface area (Å²) in [7, 11) is 0. The molecule has 0 saturated carbocycles. The minimum absolute atomic E-state index is 0.127. The first-order chi connectivity index (χ1) is 10.7. The Bertz CT molecular complexity index is 908. The molecule has 3 aromatic rings. The van der Waals surface area contributed by atoms with Gasteiger partial charge in [-0.15, -0.1) is 0 Å². The SMILES string of the molecule is N#Cc1cc([N+](=O)[O-])ccc1Oc1cccc2ccccc12. The van der Waals surface area contributed by atoms with Crippen molar-refractivity contribution >= 4 is 16.5 Å². The highest BCUT2D eigenvalue weighted by molar-refractivity contribution is 5.88. The average Bonchev–Trinajstić information content (AvgIpc) is 2.55. The molecule has 0 atom stereocenters. The van der Waals surface area contributed by atoms with Gasteiger partial charge in [-0.1, -0.05) is 36.4 Å². The molecular formula is C17H10N2O3. The molecule has 5 nitrogen and oxygen atoms in total. The van der Waals surface area contributed by atoms with Crippen molar-refractivity contribution < 1.29 is 9.66 Å². The lowest BCUT2D eigenvalue weighted by Gasteiger charge is -2.10. The first kappa shape index (κ1) is 13.6. The van der Waals surface area contributed by atoms with Crippen LogP contribution in [0.25, 0.3) is 10.8 Å². The van der Waals surface area contributed by atoms with Crippen LogP contribution < -0.4 is 4.74 Å². The molecule has 0 aromatic heterocycles. The Balaban J connectivity index is 2.06. The number of nitriles is 1. The maximum atomic E-state index is 10.8. The van der Waals surface area contributed by atoms with Crippen molar-refractivity contribution in [3.8, 4) is 17.6 Å². The van der Waals surface area contributed by atoms with Gasteiger partial charge in [0, 0.05) is 17.5 Å². The van der Waals surface area contributed by atoms with E-state index in [9.17, 15) is 10.1 Å². The highest BCUT2D eigenvalue weighted by Gasteiger charge is 2.13. The lowest BCUT2D eigenvalue weighted by atomic mass is 10.1. The van der Waals surface area contributed by atoms with Gasteiger partial charge in [0.2, 0.25) is 0 Å². The second-order valence-corrected chi connectivity index (χ2v) is 4.63. The zero-order chi connectivity index (χ0) is 15.5. The van der Waals surface area contributed by atoms with Gasteiger partial charge in [0.1, 0.15) is 23.1 Å². The number of benzene rings is 3. The van der Waals surface area contributed by atoms with E-state index >= 15 is 0 Å². The van der Waals surface area contributed by atoms with Crippen LogP contribution in [0, 0.1) is 21.4 Å². The van der Waals surface area contributed by atoms with Crippen molar-refractivity contribution in [1.29, 1.82) is 5.26 Å². The van der Waals surface area contributed by atoms with E-state index in [2.05, 4.69) is 0 Å². The van der Waals surface area contributed by atoms with E-state index in [-0.39, 0.29) is 11.3 Å². The molecule has 0 N–H and O–H groups in total. The fraction of sp³-hybridized carbons (Fsp3) is 0. The molecule has 0 heterocycles. The molecule has 0 unspecified atom stereocenters. The second-order valence-electron chi connectivity index (χ2n) is 4.63. The van der Waals surface area contributed by atoms with Crippen LogP contribution in [0.1, 0.15) is 5.56 Å². The Kier molecular flexibility index (Phi) is 3.42. The molecule has 22 heavy (non-hydrogen) atoms. The Hall–Kier alpha value is -3.39. The van der Waals surface area contributed by atoms with Crippen LogP contribution in [0.2, 0.25) is 0 Å². The number of hydrogen-bond acceptors (Lipinski definition) is 4.